The molecular formula is C16H24ClN3O3. The topological polar surface area (TPSA) is 84.7 Å². The highest BCUT2D eigenvalue weighted by Crippen LogP contribution is 2.09. The van der Waals surface area contributed by atoms with Crippen molar-refractivity contribution in [1.82, 2.24) is 10.2 Å². The van der Waals surface area contributed by atoms with E-state index in [9.17, 15) is 9.59 Å². The number of nitrogens with zero attached hydrogens (tertiary/aromatic N) is 1. The second-order valence-electron chi connectivity index (χ2n) is 5.51. The van der Waals surface area contributed by atoms with Gasteiger partial charge in [-0.25, -0.2) is 0 Å². The van der Waals surface area contributed by atoms with Crippen LogP contribution in [0.15, 0.2) is 30.3 Å². The summed E-state index contributed by atoms with van der Waals surface area (Å²) in [4.78, 5) is 25.1. The van der Waals surface area contributed by atoms with Gasteiger partial charge in [-0.05, 0) is 12.0 Å². The Morgan fingerprint density at radius 2 is 2.09 bits per heavy atom. The lowest BCUT2D eigenvalue weighted by Gasteiger charge is -2.34. The number of carbonyl (C=O) groups excluding carboxylic acids is 2. The summed E-state index contributed by atoms with van der Waals surface area (Å²) < 4.78 is 5.56. The minimum absolute atomic E-state index is 0. The average Bonchev–Trinajstić information content (AvgIpc) is 2.53. The average molecular weight is 342 g/mol. The number of halogens is 1. The van der Waals surface area contributed by atoms with Crippen LogP contribution in [0, 0.1) is 0 Å². The Labute approximate surface area is 142 Å². The highest BCUT2D eigenvalue weighted by atomic mass is 35.5. The Balaban J connectivity index is 0.00000264. The number of amides is 2. The summed E-state index contributed by atoms with van der Waals surface area (Å²) in [6.45, 7) is 3.34. The van der Waals surface area contributed by atoms with E-state index >= 15 is 0 Å². The SMILES string of the molecule is CC(=O)NCC1CN(C(=O)[C@@H](N)Cc2ccccc2)CCO1.Cl. The molecule has 0 bridgehead atoms. The van der Waals surface area contributed by atoms with E-state index in [-0.39, 0.29) is 30.3 Å². The lowest BCUT2D eigenvalue weighted by atomic mass is 10.1. The van der Waals surface area contributed by atoms with E-state index in [4.69, 9.17) is 10.5 Å². The molecule has 1 aromatic carbocycles. The number of benzene rings is 1. The molecule has 3 N–H and O–H groups in total. The normalized spacial score (nSPS) is 18.7. The highest BCUT2D eigenvalue weighted by Gasteiger charge is 2.27. The molecule has 2 rings (SSSR count). The number of ether oxygens (including phenoxy) is 1. The molecule has 0 radical (unpaired) electrons. The van der Waals surface area contributed by atoms with Gasteiger partial charge in [-0.3, -0.25) is 9.59 Å². The third kappa shape index (κ3) is 6.17. The summed E-state index contributed by atoms with van der Waals surface area (Å²) in [6.07, 6.45) is 0.346. The van der Waals surface area contributed by atoms with Crippen LogP contribution < -0.4 is 11.1 Å². The van der Waals surface area contributed by atoms with Gasteiger partial charge in [0.15, 0.2) is 0 Å². The number of morpholine rings is 1. The van der Waals surface area contributed by atoms with Crippen LogP contribution in [0.5, 0.6) is 0 Å². The maximum atomic E-state index is 12.4. The first-order valence-corrected chi connectivity index (χ1v) is 7.50. The Morgan fingerprint density at radius 3 is 2.74 bits per heavy atom. The first-order valence-electron chi connectivity index (χ1n) is 7.50. The predicted octanol–water partition coefficient (Wildman–Crippen LogP) is 0.342. The number of nitrogens with one attached hydrogen (secondary N) is 1. The van der Waals surface area contributed by atoms with Crippen LogP contribution in [0.4, 0.5) is 0 Å². The van der Waals surface area contributed by atoms with E-state index in [1.165, 1.54) is 6.92 Å². The molecule has 1 saturated heterocycles. The first kappa shape index (κ1) is 19.4. The molecule has 1 aromatic rings. The standard InChI is InChI=1S/C16H23N3O3.ClH/c1-12(20)18-10-14-11-19(7-8-22-14)16(21)15(17)9-13-5-3-2-4-6-13;/h2-6,14-15H,7-11,17H2,1H3,(H,18,20);1H/t14?,15-;/m0./s1. The molecule has 128 valence electrons. The van der Waals surface area contributed by atoms with Gasteiger partial charge in [-0.2, -0.15) is 0 Å². The van der Waals surface area contributed by atoms with Gasteiger partial charge in [0.25, 0.3) is 0 Å². The molecule has 1 aliphatic rings. The van der Waals surface area contributed by atoms with Crippen molar-refractivity contribution in [2.45, 2.75) is 25.5 Å². The molecule has 0 aliphatic carbocycles. The highest BCUT2D eigenvalue weighted by molar-refractivity contribution is 5.85. The molecule has 0 aromatic heterocycles. The fourth-order valence-electron chi connectivity index (χ4n) is 2.49. The van der Waals surface area contributed by atoms with Gasteiger partial charge in [-0.15, -0.1) is 12.4 Å². The van der Waals surface area contributed by atoms with E-state index in [1.54, 1.807) is 4.90 Å². The van der Waals surface area contributed by atoms with E-state index in [0.717, 1.165) is 5.56 Å². The molecule has 0 spiro atoms. The lowest BCUT2D eigenvalue weighted by Crippen LogP contribution is -2.54. The lowest BCUT2D eigenvalue weighted by molar-refractivity contribution is -0.140. The molecule has 2 amide bonds. The molecule has 23 heavy (non-hydrogen) atoms. The second kappa shape index (κ2) is 9.50. The van der Waals surface area contributed by atoms with Gasteiger partial charge < -0.3 is 20.7 Å². The first-order chi connectivity index (χ1) is 10.6. The van der Waals surface area contributed by atoms with Crippen LogP contribution in [0.1, 0.15) is 12.5 Å². The van der Waals surface area contributed by atoms with Crippen LogP contribution in [-0.2, 0) is 20.7 Å². The van der Waals surface area contributed by atoms with Crippen molar-refractivity contribution in [3.63, 3.8) is 0 Å². The van der Waals surface area contributed by atoms with Crippen molar-refractivity contribution in [1.29, 1.82) is 0 Å². The van der Waals surface area contributed by atoms with Gasteiger partial charge in [0.1, 0.15) is 0 Å². The van der Waals surface area contributed by atoms with Crippen LogP contribution in [-0.4, -0.2) is 55.1 Å². The molecule has 1 aliphatic heterocycles. The van der Waals surface area contributed by atoms with Crippen molar-refractivity contribution in [3.05, 3.63) is 35.9 Å². The van der Waals surface area contributed by atoms with Crippen molar-refractivity contribution < 1.29 is 14.3 Å². The molecule has 1 heterocycles. The van der Waals surface area contributed by atoms with Gasteiger partial charge >= 0.3 is 0 Å². The Kier molecular flexibility index (Phi) is 8.02. The van der Waals surface area contributed by atoms with Gasteiger partial charge in [0.2, 0.25) is 11.8 Å². The number of nitrogens with two attached hydrogens (primary N) is 1. The minimum Gasteiger partial charge on any atom is -0.373 e. The van der Waals surface area contributed by atoms with Crippen molar-refractivity contribution >= 4 is 24.2 Å². The second-order valence-corrected chi connectivity index (χ2v) is 5.51. The molecule has 2 atom stereocenters. The smallest absolute Gasteiger partial charge is 0.239 e. The molecule has 1 unspecified atom stereocenters. The monoisotopic (exact) mass is 341 g/mol. The summed E-state index contributed by atoms with van der Waals surface area (Å²) in [7, 11) is 0. The maximum Gasteiger partial charge on any atom is 0.239 e. The van der Waals surface area contributed by atoms with Gasteiger partial charge in [-0.1, -0.05) is 30.3 Å². The third-order valence-corrected chi connectivity index (χ3v) is 3.64. The van der Waals surface area contributed by atoms with Gasteiger partial charge in [0, 0.05) is 26.6 Å². The molecule has 6 nitrogen and oxygen atoms in total. The molecule has 0 saturated carbocycles. The number of hydrogen-bond donors (Lipinski definition) is 2. The van der Waals surface area contributed by atoms with E-state index in [1.807, 2.05) is 30.3 Å². The number of rotatable bonds is 5. The van der Waals surface area contributed by atoms with E-state index in [0.29, 0.717) is 32.7 Å². The zero-order chi connectivity index (χ0) is 15.9. The van der Waals surface area contributed by atoms with Gasteiger partial charge in [0.05, 0.1) is 18.8 Å². The summed E-state index contributed by atoms with van der Waals surface area (Å²) >= 11 is 0. The van der Waals surface area contributed by atoms with Crippen LogP contribution >= 0.6 is 12.4 Å². The van der Waals surface area contributed by atoms with Crippen LogP contribution in [0.3, 0.4) is 0 Å². The molecule has 1 fully saturated rings. The van der Waals surface area contributed by atoms with Crippen molar-refractivity contribution in [2.75, 3.05) is 26.2 Å². The summed E-state index contributed by atoms with van der Waals surface area (Å²) in [5.74, 6) is -0.173. The Hall–Kier alpha value is -1.63. The quantitative estimate of drug-likeness (QED) is 0.809. The zero-order valence-corrected chi connectivity index (χ0v) is 14.1. The van der Waals surface area contributed by atoms with Crippen LogP contribution in [0.25, 0.3) is 0 Å². The third-order valence-electron chi connectivity index (χ3n) is 3.64. The Bertz CT molecular complexity index is 513. The summed E-state index contributed by atoms with van der Waals surface area (Å²) in [5, 5.41) is 2.71. The van der Waals surface area contributed by atoms with Crippen molar-refractivity contribution in [2.24, 2.45) is 5.73 Å². The zero-order valence-electron chi connectivity index (χ0n) is 13.2. The fourth-order valence-corrected chi connectivity index (χ4v) is 2.49. The molecule has 7 heteroatoms. The minimum atomic E-state index is -0.554. The summed E-state index contributed by atoms with van der Waals surface area (Å²) in [5.41, 5.74) is 7.09. The largest absolute Gasteiger partial charge is 0.373 e. The fraction of sp³-hybridized carbons (Fsp3) is 0.500. The van der Waals surface area contributed by atoms with Crippen molar-refractivity contribution in [3.8, 4) is 0 Å². The van der Waals surface area contributed by atoms with Crippen LogP contribution in [0.2, 0.25) is 0 Å². The van der Waals surface area contributed by atoms with E-state index < -0.39 is 6.04 Å². The maximum absolute atomic E-state index is 12.4. The van der Waals surface area contributed by atoms with E-state index in [2.05, 4.69) is 5.32 Å². The number of hydrogen-bond acceptors (Lipinski definition) is 4. The molecular weight excluding hydrogens is 318 g/mol. The Morgan fingerprint density at radius 1 is 1.39 bits per heavy atom. The number of carbonyl (C=O) groups is 2. The predicted molar refractivity (Wildman–Crippen MR) is 90.4 cm³/mol. The summed E-state index contributed by atoms with van der Waals surface area (Å²) in [6, 6.07) is 9.18.